The Labute approximate surface area is 105 Å². The number of hydrogen-bond donors (Lipinski definition) is 2. The fourth-order valence-electron chi connectivity index (χ4n) is 2.01. The van der Waals surface area contributed by atoms with Crippen LogP contribution in [0.4, 0.5) is 0 Å². The Hall–Kier alpha value is -0.810. The summed E-state index contributed by atoms with van der Waals surface area (Å²) in [6.07, 6.45) is 3.91. The molecule has 1 fully saturated rings. The molecule has 5 heteroatoms. The minimum absolute atomic E-state index is 0.703. The summed E-state index contributed by atoms with van der Waals surface area (Å²) in [6, 6.07) is 0. The molecular weight excluding hydrogens is 216 g/mol. The minimum atomic E-state index is 0.703. The first kappa shape index (κ1) is 14.3. The quantitative estimate of drug-likeness (QED) is 0.382. The summed E-state index contributed by atoms with van der Waals surface area (Å²) >= 11 is 0. The van der Waals surface area contributed by atoms with Crippen LogP contribution in [0.15, 0.2) is 4.99 Å². The van der Waals surface area contributed by atoms with Crippen LogP contribution in [0.2, 0.25) is 0 Å². The van der Waals surface area contributed by atoms with Crippen LogP contribution in [0.1, 0.15) is 19.3 Å². The average Bonchev–Trinajstić information content (AvgIpc) is 2.85. The van der Waals surface area contributed by atoms with Crippen LogP contribution in [-0.4, -0.2) is 64.3 Å². The average molecular weight is 242 g/mol. The van der Waals surface area contributed by atoms with Crippen LogP contribution in [0, 0.1) is 0 Å². The van der Waals surface area contributed by atoms with Gasteiger partial charge in [-0.3, -0.25) is 4.99 Å². The van der Waals surface area contributed by atoms with E-state index in [-0.39, 0.29) is 0 Å². The van der Waals surface area contributed by atoms with Crippen LogP contribution >= 0.6 is 0 Å². The van der Waals surface area contributed by atoms with Crippen LogP contribution in [-0.2, 0) is 4.74 Å². The van der Waals surface area contributed by atoms with Crippen molar-refractivity contribution in [1.82, 2.24) is 15.5 Å². The second-order valence-electron chi connectivity index (χ2n) is 4.32. The Morgan fingerprint density at radius 3 is 2.59 bits per heavy atom. The zero-order chi connectivity index (χ0) is 12.3. The maximum absolute atomic E-state index is 4.98. The third-order valence-corrected chi connectivity index (χ3v) is 2.96. The fraction of sp³-hybridized carbons (Fsp3) is 0.917. The van der Waals surface area contributed by atoms with Crippen LogP contribution < -0.4 is 10.6 Å². The van der Waals surface area contributed by atoms with Crippen molar-refractivity contribution in [2.45, 2.75) is 19.3 Å². The van der Waals surface area contributed by atoms with Gasteiger partial charge in [-0.2, -0.15) is 0 Å². The zero-order valence-corrected chi connectivity index (χ0v) is 11.2. The van der Waals surface area contributed by atoms with Gasteiger partial charge in [0.05, 0.1) is 6.61 Å². The molecule has 1 heterocycles. The second-order valence-corrected chi connectivity index (χ2v) is 4.32. The number of guanidine groups is 1. The minimum Gasteiger partial charge on any atom is -0.383 e. The summed E-state index contributed by atoms with van der Waals surface area (Å²) in [6.45, 7) is 6.23. The highest BCUT2D eigenvalue weighted by Crippen LogP contribution is 2.06. The number of ether oxygens (including phenoxy) is 1. The number of nitrogens with one attached hydrogen (secondary N) is 2. The van der Waals surface area contributed by atoms with E-state index in [1.54, 1.807) is 14.2 Å². The summed E-state index contributed by atoms with van der Waals surface area (Å²) in [7, 11) is 3.50. The maximum Gasteiger partial charge on any atom is 0.191 e. The Balaban J connectivity index is 1.99. The molecule has 0 aliphatic carbocycles. The molecule has 100 valence electrons. The summed E-state index contributed by atoms with van der Waals surface area (Å²) in [5.74, 6) is 0.864. The van der Waals surface area contributed by atoms with E-state index in [0.717, 1.165) is 19.0 Å². The van der Waals surface area contributed by atoms with Crippen molar-refractivity contribution in [2.75, 3.05) is 53.5 Å². The van der Waals surface area contributed by atoms with Crippen LogP contribution in [0.3, 0.4) is 0 Å². The van der Waals surface area contributed by atoms with E-state index in [9.17, 15) is 0 Å². The van der Waals surface area contributed by atoms with E-state index in [1.165, 1.54) is 38.9 Å². The summed E-state index contributed by atoms with van der Waals surface area (Å²) in [5.41, 5.74) is 0. The van der Waals surface area contributed by atoms with Gasteiger partial charge in [-0.05, 0) is 38.9 Å². The van der Waals surface area contributed by atoms with E-state index in [1.807, 2.05) is 0 Å². The van der Waals surface area contributed by atoms with Gasteiger partial charge in [-0.1, -0.05) is 0 Å². The standard InChI is InChI=1S/C12H26N4O/c1-13-12(15-7-11-17-2)14-6-5-10-16-8-3-4-9-16/h3-11H2,1-2H3,(H2,13,14,15). The number of methoxy groups -OCH3 is 1. The highest BCUT2D eigenvalue weighted by molar-refractivity contribution is 5.79. The number of nitrogens with zero attached hydrogens (tertiary/aromatic N) is 2. The van der Waals surface area contributed by atoms with Gasteiger partial charge >= 0.3 is 0 Å². The normalized spacial score (nSPS) is 17.4. The molecule has 0 aromatic rings. The molecule has 0 aromatic heterocycles. The molecule has 0 saturated carbocycles. The van der Waals surface area contributed by atoms with Gasteiger partial charge in [0.2, 0.25) is 0 Å². The lowest BCUT2D eigenvalue weighted by atomic mass is 10.4. The van der Waals surface area contributed by atoms with E-state index in [0.29, 0.717) is 6.61 Å². The Kier molecular flexibility index (Phi) is 7.75. The van der Waals surface area contributed by atoms with Crippen molar-refractivity contribution in [3.63, 3.8) is 0 Å². The lowest BCUT2D eigenvalue weighted by Gasteiger charge is -2.15. The van der Waals surface area contributed by atoms with Gasteiger partial charge in [-0.25, -0.2) is 0 Å². The number of aliphatic imine (C=N–C) groups is 1. The third kappa shape index (κ3) is 6.48. The summed E-state index contributed by atoms with van der Waals surface area (Å²) in [5, 5.41) is 6.51. The van der Waals surface area contributed by atoms with Crippen molar-refractivity contribution in [3.05, 3.63) is 0 Å². The molecule has 0 spiro atoms. The molecule has 17 heavy (non-hydrogen) atoms. The highest BCUT2D eigenvalue weighted by atomic mass is 16.5. The van der Waals surface area contributed by atoms with Crippen LogP contribution in [0.5, 0.6) is 0 Å². The summed E-state index contributed by atoms with van der Waals surface area (Å²) in [4.78, 5) is 6.68. The maximum atomic E-state index is 4.98. The van der Waals surface area contributed by atoms with Crippen molar-refractivity contribution in [1.29, 1.82) is 0 Å². The lowest BCUT2D eigenvalue weighted by Crippen LogP contribution is -2.40. The number of rotatable bonds is 7. The first-order valence-electron chi connectivity index (χ1n) is 6.52. The van der Waals surface area contributed by atoms with Gasteiger partial charge in [0.15, 0.2) is 5.96 Å². The van der Waals surface area contributed by atoms with Gasteiger partial charge in [0.1, 0.15) is 0 Å². The molecule has 2 N–H and O–H groups in total. The Morgan fingerprint density at radius 1 is 1.24 bits per heavy atom. The molecule has 5 nitrogen and oxygen atoms in total. The van der Waals surface area contributed by atoms with E-state index in [2.05, 4.69) is 20.5 Å². The highest BCUT2D eigenvalue weighted by Gasteiger charge is 2.10. The molecular formula is C12H26N4O. The third-order valence-electron chi connectivity index (χ3n) is 2.96. The molecule has 1 rings (SSSR count). The Morgan fingerprint density at radius 2 is 1.94 bits per heavy atom. The first-order valence-corrected chi connectivity index (χ1v) is 6.52. The molecule has 1 aliphatic heterocycles. The molecule has 0 atom stereocenters. The number of likely N-dealkylation sites (tertiary alicyclic amines) is 1. The topological polar surface area (TPSA) is 48.9 Å². The molecule has 0 bridgehead atoms. The van der Waals surface area contributed by atoms with E-state index < -0.39 is 0 Å². The molecule has 0 amide bonds. The van der Waals surface area contributed by atoms with E-state index >= 15 is 0 Å². The monoisotopic (exact) mass is 242 g/mol. The smallest absolute Gasteiger partial charge is 0.191 e. The molecule has 0 unspecified atom stereocenters. The van der Waals surface area contributed by atoms with Gasteiger partial charge in [0.25, 0.3) is 0 Å². The fourth-order valence-corrected chi connectivity index (χ4v) is 2.01. The van der Waals surface area contributed by atoms with Crippen molar-refractivity contribution in [3.8, 4) is 0 Å². The Bertz CT molecular complexity index is 215. The van der Waals surface area contributed by atoms with Crippen LogP contribution in [0.25, 0.3) is 0 Å². The van der Waals surface area contributed by atoms with Crippen molar-refractivity contribution >= 4 is 5.96 Å². The predicted molar refractivity (Wildman–Crippen MR) is 71.5 cm³/mol. The van der Waals surface area contributed by atoms with Gasteiger partial charge < -0.3 is 20.3 Å². The predicted octanol–water partition coefficient (Wildman–Crippen LogP) is 0.284. The van der Waals surface area contributed by atoms with Gasteiger partial charge in [-0.15, -0.1) is 0 Å². The molecule has 0 radical (unpaired) electrons. The summed E-state index contributed by atoms with van der Waals surface area (Å²) < 4.78 is 4.98. The zero-order valence-electron chi connectivity index (χ0n) is 11.2. The van der Waals surface area contributed by atoms with Gasteiger partial charge in [0, 0.05) is 27.2 Å². The van der Waals surface area contributed by atoms with Crippen molar-refractivity contribution < 1.29 is 4.74 Å². The van der Waals surface area contributed by atoms with Crippen molar-refractivity contribution in [2.24, 2.45) is 4.99 Å². The second kappa shape index (κ2) is 9.24. The molecule has 1 saturated heterocycles. The molecule has 0 aromatic carbocycles. The molecule has 1 aliphatic rings. The lowest BCUT2D eigenvalue weighted by molar-refractivity contribution is 0.203. The largest absolute Gasteiger partial charge is 0.383 e. The SMILES string of the molecule is CN=C(NCCCN1CCCC1)NCCOC. The first-order chi connectivity index (χ1) is 8.36. The van der Waals surface area contributed by atoms with E-state index in [4.69, 9.17) is 4.74 Å². The number of hydrogen-bond acceptors (Lipinski definition) is 3.